The van der Waals surface area contributed by atoms with Crippen molar-refractivity contribution < 1.29 is 19.4 Å². The van der Waals surface area contributed by atoms with Gasteiger partial charge in [0.2, 0.25) is 5.88 Å². The highest BCUT2D eigenvalue weighted by atomic mass is 16.5. The summed E-state index contributed by atoms with van der Waals surface area (Å²) < 4.78 is 13.5. The van der Waals surface area contributed by atoms with Gasteiger partial charge in [-0.05, 0) is 72.6 Å². The number of benzene rings is 3. The summed E-state index contributed by atoms with van der Waals surface area (Å²) >= 11 is 0. The molecule has 1 N–H and O–H groups in total. The summed E-state index contributed by atoms with van der Waals surface area (Å²) in [7, 11) is 1.66. The van der Waals surface area contributed by atoms with Crippen LogP contribution in [-0.2, 0) is 24.4 Å². The van der Waals surface area contributed by atoms with Crippen LogP contribution in [0.4, 0.5) is 0 Å². The van der Waals surface area contributed by atoms with Gasteiger partial charge in [-0.3, -0.25) is 4.90 Å². The van der Waals surface area contributed by atoms with Crippen LogP contribution in [0.3, 0.4) is 0 Å². The fourth-order valence-electron chi connectivity index (χ4n) is 5.92. The van der Waals surface area contributed by atoms with E-state index in [9.17, 15) is 15.2 Å². The minimum atomic E-state index is -0.948. The van der Waals surface area contributed by atoms with Gasteiger partial charge in [0.05, 0.1) is 41.4 Å². The number of methoxy groups -OCH3 is 1. The van der Waals surface area contributed by atoms with Crippen molar-refractivity contribution >= 4 is 27.8 Å². The van der Waals surface area contributed by atoms with E-state index >= 15 is 0 Å². The second-order valence-electron chi connectivity index (χ2n) is 10.9. The molecule has 9 heteroatoms. The molecule has 1 aliphatic heterocycles. The zero-order valence-electron chi connectivity index (χ0n) is 24.1. The van der Waals surface area contributed by atoms with Crippen LogP contribution in [0.15, 0.2) is 72.8 Å². The van der Waals surface area contributed by atoms with E-state index in [1.807, 2.05) is 48.5 Å². The molecular formula is C34H33N5O4. The molecular weight excluding hydrogens is 542 g/mol. The van der Waals surface area contributed by atoms with Crippen LogP contribution in [0.5, 0.6) is 5.88 Å². The van der Waals surface area contributed by atoms with Gasteiger partial charge in [-0.2, -0.15) is 5.26 Å². The average molecular weight is 576 g/mol. The summed E-state index contributed by atoms with van der Waals surface area (Å²) in [4.78, 5) is 23.7. The van der Waals surface area contributed by atoms with Crippen LogP contribution in [0.2, 0.25) is 0 Å². The number of nitriles is 1. The number of carboxylic acid groups (broad SMARTS) is 1. The van der Waals surface area contributed by atoms with Crippen molar-refractivity contribution in [3.05, 3.63) is 101 Å². The number of carbonyl (C=O) groups is 1. The van der Waals surface area contributed by atoms with Crippen molar-refractivity contribution in [3.8, 4) is 11.9 Å². The third-order valence-corrected chi connectivity index (χ3v) is 8.22. The van der Waals surface area contributed by atoms with Crippen LogP contribution in [0.1, 0.15) is 51.8 Å². The number of imidazole rings is 1. The van der Waals surface area contributed by atoms with Crippen molar-refractivity contribution in [1.29, 1.82) is 5.26 Å². The highest BCUT2D eigenvalue weighted by Crippen LogP contribution is 2.30. The minimum absolute atomic E-state index is 0.252. The maximum absolute atomic E-state index is 11.5. The zero-order chi connectivity index (χ0) is 29.8. The van der Waals surface area contributed by atoms with Gasteiger partial charge in [0.25, 0.3) is 0 Å². The summed E-state index contributed by atoms with van der Waals surface area (Å²) in [6, 6.07) is 25.0. The zero-order valence-corrected chi connectivity index (χ0v) is 24.1. The monoisotopic (exact) mass is 575 g/mol. The van der Waals surface area contributed by atoms with Crippen molar-refractivity contribution in [3.63, 3.8) is 0 Å². The Morgan fingerprint density at radius 3 is 2.60 bits per heavy atom. The second-order valence-corrected chi connectivity index (χ2v) is 10.9. The normalized spacial score (nSPS) is 14.2. The average Bonchev–Trinajstić information content (AvgIpc) is 3.38. The summed E-state index contributed by atoms with van der Waals surface area (Å²) in [5.74, 6) is 0.898. The molecule has 0 radical (unpaired) electrons. The molecule has 43 heavy (non-hydrogen) atoms. The largest absolute Gasteiger partial charge is 0.478 e. The topological polar surface area (TPSA) is 114 Å². The van der Waals surface area contributed by atoms with Gasteiger partial charge in [0.15, 0.2) is 0 Å². The van der Waals surface area contributed by atoms with E-state index in [0.717, 1.165) is 64.8 Å². The number of hydrogen-bond acceptors (Lipinski definition) is 7. The number of hydrogen-bond donors (Lipinski definition) is 1. The highest BCUT2D eigenvalue weighted by molar-refractivity contribution is 5.92. The molecule has 3 heterocycles. The molecule has 0 aliphatic carbocycles. The lowest BCUT2D eigenvalue weighted by Gasteiger charge is -2.31. The predicted molar refractivity (Wildman–Crippen MR) is 163 cm³/mol. The predicted octanol–water partition coefficient (Wildman–Crippen LogP) is 5.76. The lowest BCUT2D eigenvalue weighted by Crippen LogP contribution is -2.33. The smallest absolute Gasteiger partial charge is 0.335 e. The Balaban J connectivity index is 1.11. The number of ether oxygens (including phenoxy) is 2. The van der Waals surface area contributed by atoms with Crippen LogP contribution < -0.4 is 4.74 Å². The lowest BCUT2D eigenvalue weighted by atomic mass is 9.93. The number of nitrogens with zero attached hydrogens (tertiary/aromatic N) is 5. The highest BCUT2D eigenvalue weighted by Gasteiger charge is 2.24. The standard InChI is InChI=1S/C34H33N5O4/c1-42-18-17-39-31-19-24(34(40)41)11-12-30(31)36-32(39)21-38-15-13-23(14-16-38)29-7-4-8-33(37-29)43-22-26-10-9-25(20-35)27-5-2-3-6-28(26)27/h2-12,19,23H,13-18,21-22H2,1H3,(H,40,41). The van der Waals surface area contributed by atoms with Crippen LogP contribution in [0, 0.1) is 11.3 Å². The van der Waals surface area contributed by atoms with Crippen molar-refractivity contribution in [2.75, 3.05) is 26.8 Å². The van der Waals surface area contributed by atoms with E-state index in [1.54, 1.807) is 25.3 Å². The van der Waals surface area contributed by atoms with Crippen LogP contribution >= 0.6 is 0 Å². The number of likely N-dealkylation sites (tertiary alicyclic amines) is 1. The fourth-order valence-corrected chi connectivity index (χ4v) is 5.92. The first-order chi connectivity index (χ1) is 21.0. The van der Waals surface area contributed by atoms with Crippen LogP contribution in [0.25, 0.3) is 21.8 Å². The van der Waals surface area contributed by atoms with Gasteiger partial charge in [-0.25, -0.2) is 14.8 Å². The quantitative estimate of drug-likeness (QED) is 0.224. The molecule has 0 saturated carbocycles. The first-order valence-corrected chi connectivity index (χ1v) is 14.5. The number of rotatable bonds is 10. The molecule has 0 bridgehead atoms. The Morgan fingerprint density at radius 2 is 1.84 bits per heavy atom. The number of fused-ring (bicyclic) bond motifs is 2. The molecule has 0 spiro atoms. The van der Waals surface area contributed by atoms with E-state index in [0.29, 0.717) is 43.7 Å². The van der Waals surface area contributed by atoms with Crippen LogP contribution in [-0.4, -0.2) is 57.3 Å². The summed E-state index contributed by atoms with van der Waals surface area (Å²) in [5, 5.41) is 20.9. The lowest BCUT2D eigenvalue weighted by molar-refractivity contribution is 0.0697. The molecule has 2 aromatic heterocycles. The summed E-state index contributed by atoms with van der Waals surface area (Å²) in [6.45, 7) is 3.99. The van der Waals surface area contributed by atoms with E-state index < -0.39 is 5.97 Å². The van der Waals surface area contributed by atoms with Gasteiger partial charge in [0.1, 0.15) is 12.4 Å². The van der Waals surface area contributed by atoms with Gasteiger partial charge in [-0.15, -0.1) is 0 Å². The van der Waals surface area contributed by atoms with E-state index in [-0.39, 0.29) is 5.56 Å². The van der Waals surface area contributed by atoms with Gasteiger partial charge < -0.3 is 19.1 Å². The third-order valence-electron chi connectivity index (χ3n) is 8.22. The van der Waals surface area contributed by atoms with Crippen molar-refractivity contribution in [2.45, 2.75) is 38.5 Å². The molecule has 1 saturated heterocycles. The number of pyridine rings is 1. The van der Waals surface area contributed by atoms with Gasteiger partial charge >= 0.3 is 5.97 Å². The van der Waals surface area contributed by atoms with Crippen molar-refractivity contribution in [2.24, 2.45) is 0 Å². The minimum Gasteiger partial charge on any atom is -0.478 e. The molecule has 3 aromatic carbocycles. The molecule has 0 amide bonds. The Hall–Kier alpha value is -4.78. The maximum atomic E-state index is 11.5. The van der Waals surface area contributed by atoms with Crippen molar-refractivity contribution in [1.82, 2.24) is 19.4 Å². The molecule has 218 valence electrons. The Morgan fingerprint density at radius 1 is 1.02 bits per heavy atom. The van der Waals surface area contributed by atoms with E-state index in [1.165, 1.54) is 0 Å². The Kier molecular flexibility index (Phi) is 8.31. The summed E-state index contributed by atoms with van der Waals surface area (Å²) in [6.07, 6.45) is 1.94. The molecule has 0 atom stereocenters. The molecule has 6 rings (SSSR count). The fraction of sp³-hybridized carbons (Fsp3) is 0.294. The number of piperidine rings is 1. The molecule has 9 nitrogen and oxygen atoms in total. The molecule has 1 aliphatic rings. The van der Waals surface area contributed by atoms with Gasteiger partial charge in [-0.1, -0.05) is 36.4 Å². The number of carboxylic acids is 1. The SMILES string of the molecule is COCCn1c(CN2CCC(c3cccc(OCc4ccc(C#N)c5ccccc45)n3)CC2)nc2ccc(C(=O)O)cc21. The Labute approximate surface area is 249 Å². The maximum Gasteiger partial charge on any atom is 0.335 e. The molecule has 1 fully saturated rings. The first-order valence-electron chi connectivity index (χ1n) is 14.5. The number of aromatic nitrogens is 3. The Bertz CT molecular complexity index is 1820. The second kappa shape index (κ2) is 12.6. The third kappa shape index (κ3) is 6.07. The van der Waals surface area contributed by atoms with E-state index in [2.05, 4.69) is 21.6 Å². The first kappa shape index (κ1) is 28.3. The molecule has 0 unspecified atom stereocenters. The van der Waals surface area contributed by atoms with E-state index in [4.69, 9.17) is 19.4 Å². The molecule has 5 aromatic rings. The van der Waals surface area contributed by atoms with Gasteiger partial charge in [0, 0.05) is 31.3 Å². The summed E-state index contributed by atoms with van der Waals surface area (Å²) in [5.41, 5.74) is 4.58. The number of aromatic carboxylic acids is 1.